The standard InChI is InChI=1S/C7H8ClNO.C6H5Cl/c8-9-10-6-7-4-2-1-3-5-7;7-6-4-2-1-3-5-6/h1-5,9H,6H2;1-5H. The molecule has 17 heavy (non-hydrogen) atoms. The highest BCUT2D eigenvalue weighted by atomic mass is 35.5. The Morgan fingerprint density at radius 3 is 1.82 bits per heavy atom. The summed E-state index contributed by atoms with van der Waals surface area (Å²) in [5.41, 5.74) is 1.09. The van der Waals surface area contributed by atoms with E-state index in [1.165, 1.54) is 0 Å². The molecule has 0 aliphatic heterocycles. The third kappa shape index (κ3) is 6.97. The van der Waals surface area contributed by atoms with Crippen molar-refractivity contribution in [1.82, 2.24) is 5.00 Å². The lowest BCUT2D eigenvalue weighted by Gasteiger charge is -1.97. The van der Waals surface area contributed by atoms with E-state index in [2.05, 4.69) is 5.00 Å². The Bertz CT molecular complexity index is 395. The van der Waals surface area contributed by atoms with Crippen molar-refractivity contribution in [1.29, 1.82) is 0 Å². The topological polar surface area (TPSA) is 21.3 Å². The molecule has 0 radical (unpaired) electrons. The van der Waals surface area contributed by atoms with Crippen molar-refractivity contribution in [3.63, 3.8) is 0 Å². The molecule has 0 bridgehead atoms. The molecule has 0 amide bonds. The van der Waals surface area contributed by atoms with Gasteiger partial charge in [-0.25, -0.2) is 0 Å². The molecule has 2 rings (SSSR count). The molecular formula is C13H13Cl2NO. The first-order valence-electron chi connectivity index (χ1n) is 5.05. The Hall–Kier alpha value is -1.06. The van der Waals surface area contributed by atoms with E-state index in [0.29, 0.717) is 6.61 Å². The maximum Gasteiger partial charge on any atom is 0.0948 e. The molecule has 0 atom stereocenters. The predicted octanol–water partition coefficient (Wildman–Crippen LogP) is 4.20. The minimum Gasteiger partial charge on any atom is -0.282 e. The summed E-state index contributed by atoms with van der Waals surface area (Å²) < 4.78 is 0. The lowest BCUT2D eigenvalue weighted by molar-refractivity contribution is 0.0817. The Balaban J connectivity index is 0.000000181. The Kier molecular flexibility index (Phi) is 7.43. The van der Waals surface area contributed by atoms with Crippen LogP contribution in [0.25, 0.3) is 0 Å². The fourth-order valence-corrected chi connectivity index (χ4v) is 1.30. The van der Waals surface area contributed by atoms with Crippen LogP contribution in [0.3, 0.4) is 0 Å². The molecular weight excluding hydrogens is 257 g/mol. The van der Waals surface area contributed by atoms with Crippen molar-refractivity contribution in [2.75, 3.05) is 0 Å². The van der Waals surface area contributed by atoms with E-state index in [4.69, 9.17) is 28.2 Å². The van der Waals surface area contributed by atoms with Crippen LogP contribution < -0.4 is 5.00 Å². The summed E-state index contributed by atoms with van der Waals surface area (Å²) in [7, 11) is 0. The van der Waals surface area contributed by atoms with Crippen molar-refractivity contribution in [2.24, 2.45) is 0 Å². The van der Waals surface area contributed by atoms with E-state index in [9.17, 15) is 0 Å². The zero-order valence-corrected chi connectivity index (χ0v) is 10.7. The summed E-state index contributed by atoms with van der Waals surface area (Å²) in [4.78, 5) is 6.82. The highest BCUT2D eigenvalue weighted by molar-refractivity contribution is 6.30. The van der Waals surface area contributed by atoms with E-state index < -0.39 is 0 Å². The van der Waals surface area contributed by atoms with Crippen molar-refractivity contribution in [3.8, 4) is 0 Å². The molecule has 0 fully saturated rings. The van der Waals surface area contributed by atoms with Crippen LogP contribution in [-0.4, -0.2) is 0 Å². The smallest absolute Gasteiger partial charge is 0.0948 e. The lowest BCUT2D eigenvalue weighted by atomic mass is 10.2. The molecule has 2 nitrogen and oxygen atoms in total. The summed E-state index contributed by atoms with van der Waals surface area (Å²) in [5.74, 6) is 0. The molecule has 2 aromatic rings. The first-order chi connectivity index (χ1) is 8.33. The summed E-state index contributed by atoms with van der Waals surface area (Å²) in [6.07, 6.45) is 0. The van der Waals surface area contributed by atoms with Crippen molar-refractivity contribution < 1.29 is 4.84 Å². The van der Waals surface area contributed by atoms with Gasteiger partial charge < -0.3 is 0 Å². The van der Waals surface area contributed by atoms with E-state index in [-0.39, 0.29) is 0 Å². The molecule has 4 heteroatoms. The molecule has 90 valence electrons. The van der Waals surface area contributed by atoms with Gasteiger partial charge in [-0.2, -0.15) is 0 Å². The van der Waals surface area contributed by atoms with Crippen molar-refractivity contribution in [2.45, 2.75) is 6.61 Å². The van der Waals surface area contributed by atoms with Gasteiger partial charge in [0.05, 0.1) is 6.61 Å². The van der Waals surface area contributed by atoms with Crippen LogP contribution >= 0.6 is 23.4 Å². The number of nitrogens with one attached hydrogen (secondary N) is 1. The molecule has 0 saturated carbocycles. The van der Waals surface area contributed by atoms with Gasteiger partial charge in [-0.3, -0.25) is 4.84 Å². The zero-order chi connectivity index (χ0) is 12.3. The monoisotopic (exact) mass is 269 g/mol. The fraction of sp³-hybridized carbons (Fsp3) is 0.0769. The lowest BCUT2D eigenvalue weighted by Crippen LogP contribution is -1.99. The van der Waals surface area contributed by atoms with Gasteiger partial charge in [-0.15, -0.1) is 5.00 Å². The van der Waals surface area contributed by atoms with Gasteiger partial charge in [0.1, 0.15) is 0 Å². The van der Waals surface area contributed by atoms with Crippen molar-refractivity contribution >= 4 is 23.4 Å². The van der Waals surface area contributed by atoms with Gasteiger partial charge in [0.25, 0.3) is 0 Å². The van der Waals surface area contributed by atoms with Gasteiger partial charge in [-0.1, -0.05) is 60.1 Å². The van der Waals surface area contributed by atoms with Gasteiger partial charge >= 0.3 is 0 Å². The van der Waals surface area contributed by atoms with Crippen LogP contribution in [-0.2, 0) is 11.4 Å². The van der Waals surface area contributed by atoms with Gasteiger partial charge in [0.2, 0.25) is 0 Å². The highest BCUT2D eigenvalue weighted by Crippen LogP contribution is 2.03. The second kappa shape index (κ2) is 9.02. The number of benzene rings is 2. The third-order valence-electron chi connectivity index (χ3n) is 1.87. The van der Waals surface area contributed by atoms with Crippen LogP contribution in [0, 0.1) is 0 Å². The SMILES string of the molecule is ClNOCc1ccccc1.Clc1ccccc1. The first-order valence-corrected chi connectivity index (χ1v) is 5.80. The highest BCUT2D eigenvalue weighted by Gasteiger charge is 1.87. The van der Waals surface area contributed by atoms with E-state index >= 15 is 0 Å². The van der Waals surface area contributed by atoms with Gasteiger partial charge in [0.15, 0.2) is 0 Å². The molecule has 2 aromatic carbocycles. The quantitative estimate of drug-likeness (QED) is 0.666. The third-order valence-corrected chi connectivity index (χ3v) is 2.23. The molecule has 0 unspecified atom stereocenters. The van der Waals surface area contributed by atoms with Crippen LogP contribution in [0.4, 0.5) is 0 Å². The van der Waals surface area contributed by atoms with Crippen molar-refractivity contribution in [3.05, 3.63) is 71.2 Å². The molecule has 1 N–H and O–H groups in total. The maximum atomic E-state index is 5.54. The van der Waals surface area contributed by atoms with Crippen LogP contribution in [0.15, 0.2) is 60.7 Å². The average Bonchev–Trinajstić information content (AvgIpc) is 2.39. The minimum atomic E-state index is 0.490. The predicted molar refractivity (Wildman–Crippen MR) is 71.7 cm³/mol. The Morgan fingerprint density at radius 1 is 0.882 bits per heavy atom. The molecule has 0 aliphatic carbocycles. The van der Waals surface area contributed by atoms with E-state index in [0.717, 1.165) is 10.6 Å². The average molecular weight is 270 g/mol. The first kappa shape index (κ1) is 14.0. The Labute approximate surface area is 111 Å². The molecule has 0 aliphatic rings. The molecule has 0 heterocycles. The molecule has 0 saturated heterocycles. The van der Waals surface area contributed by atoms with Crippen LogP contribution in [0.2, 0.25) is 5.02 Å². The van der Waals surface area contributed by atoms with Crippen LogP contribution in [0.5, 0.6) is 0 Å². The number of hydrogen-bond donors (Lipinski definition) is 1. The van der Waals surface area contributed by atoms with Crippen LogP contribution in [0.1, 0.15) is 5.56 Å². The summed E-state index contributed by atoms with van der Waals surface area (Å²) in [6.45, 7) is 0.490. The number of rotatable bonds is 3. The van der Waals surface area contributed by atoms with E-state index in [1.807, 2.05) is 60.7 Å². The largest absolute Gasteiger partial charge is 0.282 e. The minimum absolute atomic E-state index is 0.490. The van der Waals surface area contributed by atoms with Gasteiger partial charge in [0, 0.05) is 16.8 Å². The zero-order valence-electron chi connectivity index (χ0n) is 9.14. The Morgan fingerprint density at radius 2 is 1.41 bits per heavy atom. The van der Waals surface area contributed by atoms with E-state index in [1.54, 1.807) is 0 Å². The summed E-state index contributed by atoms with van der Waals surface area (Å²) >= 11 is 10.6. The normalized spacial score (nSPS) is 9.29. The summed E-state index contributed by atoms with van der Waals surface area (Å²) in [5, 5.41) is 0.794. The second-order valence-electron chi connectivity index (χ2n) is 3.15. The second-order valence-corrected chi connectivity index (χ2v) is 3.74. The molecule has 0 aromatic heterocycles. The number of halogens is 2. The number of hydrogen-bond acceptors (Lipinski definition) is 2. The fourth-order valence-electron chi connectivity index (χ4n) is 1.10. The summed E-state index contributed by atoms with van der Waals surface area (Å²) in [6, 6.07) is 19.2. The molecule has 0 spiro atoms. The van der Waals surface area contributed by atoms with Gasteiger partial charge in [-0.05, 0) is 17.7 Å². The maximum absolute atomic E-state index is 5.54.